The van der Waals surface area contributed by atoms with Gasteiger partial charge >= 0.3 is 0 Å². The summed E-state index contributed by atoms with van der Waals surface area (Å²) in [6.45, 7) is 1.64. The molecule has 2 aliphatic heterocycles. The van der Waals surface area contributed by atoms with Gasteiger partial charge in [0.05, 0.1) is 17.4 Å². The zero-order valence-electron chi connectivity index (χ0n) is 10.4. The van der Waals surface area contributed by atoms with Gasteiger partial charge in [0.25, 0.3) is 0 Å². The van der Waals surface area contributed by atoms with E-state index in [1.54, 1.807) is 0 Å². The Morgan fingerprint density at radius 3 is 3.11 bits per heavy atom. The number of thioether (sulfide) groups is 1. The number of carbonyl (C=O) groups excluding carboxylic acids is 2. The SMILES string of the molecule is O=C1CSc2ccc(NC(=O)C3CCNC3)cc2N1. The summed E-state index contributed by atoms with van der Waals surface area (Å²) in [6, 6.07) is 5.63. The Kier molecular flexibility index (Phi) is 3.44. The molecule has 6 heteroatoms. The zero-order valence-corrected chi connectivity index (χ0v) is 11.2. The second-order valence-corrected chi connectivity index (χ2v) is 5.74. The molecule has 3 rings (SSSR count). The van der Waals surface area contributed by atoms with E-state index in [2.05, 4.69) is 16.0 Å². The van der Waals surface area contributed by atoms with Gasteiger partial charge in [0.15, 0.2) is 0 Å². The maximum absolute atomic E-state index is 12.0. The molecular weight excluding hydrogens is 262 g/mol. The molecule has 1 saturated heterocycles. The minimum absolute atomic E-state index is 0.000898. The number of nitrogens with one attached hydrogen (secondary N) is 3. The van der Waals surface area contributed by atoms with E-state index < -0.39 is 0 Å². The lowest BCUT2D eigenvalue weighted by atomic mass is 10.1. The van der Waals surface area contributed by atoms with Crippen LogP contribution in [0.2, 0.25) is 0 Å². The van der Waals surface area contributed by atoms with Crippen molar-refractivity contribution in [3.63, 3.8) is 0 Å². The summed E-state index contributed by atoms with van der Waals surface area (Å²) >= 11 is 1.51. The Bertz CT molecular complexity index is 527. The number of carbonyl (C=O) groups is 2. The molecular formula is C13H15N3O2S. The summed E-state index contributed by atoms with van der Waals surface area (Å²) in [5, 5.41) is 8.90. The average Bonchev–Trinajstić information content (AvgIpc) is 2.92. The normalized spacial score (nSPS) is 21.7. The highest BCUT2D eigenvalue weighted by Crippen LogP contribution is 2.33. The van der Waals surface area contributed by atoms with Crippen molar-refractivity contribution in [1.29, 1.82) is 0 Å². The molecule has 2 aliphatic rings. The molecule has 100 valence electrons. The lowest BCUT2D eigenvalue weighted by Gasteiger charge is -2.18. The fourth-order valence-corrected chi connectivity index (χ4v) is 3.07. The number of rotatable bonds is 2. The van der Waals surface area contributed by atoms with Gasteiger partial charge in [0.1, 0.15) is 0 Å². The summed E-state index contributed by atoms with van der Waals surface area (Å²) in [4.78, 5) is 24.4. The van der Waals surface area contributed by atoms with E-state index in [0.29, 0.717) is 5.75 Å². The van der Waals surface area contributed by atoms with Crippen molar-refractivity contribution in [2.75, 3.05) is 29.5 Å². The fraction of sp³-hybridized carbons (Fsp3) is 0.385. The molecule has 19 heavy (non-hydrogen) atoms. The average molecular weight is 277 g/mol. The van der Waals surface area contributed by atoms with E-state index >= 15 is 0 Å². The molecule has 0 spiro atoms. The molecule has 1 unspecified atom stereocenters. The van der Waals surface area contributed by atoms with Crippen LogP contribution in [0.5, 0.6) is 0 Å². The first-order valence-corrected chi connectivity index (χ1v) is 7.29. The Morgan fingerprint density at radius 2 is 2.32 bits per heavy atom. The van der Waals surface area contributed by atoms with Crippen LogP contribution in [0.25, 0.3) is 0 Å². The summed E-state index contributed by atoms with van der Waals surface area (Å²) in [5.74, 6) is 0.535. The smallest absolute Gasteiger partial charge is 0.234 e. The number of hydrogen-bond acceptors (Lipinski definition) is 4. The van der Waals surface area contributed by atoms with Gasteiger partial charge < -0.3 is 16.0 Å². The highest BCUT2D eigenvalue weighted by atomic mass is 32.2. The second kappa shape index (κ2) is 5.22. The lowest BCUT2D eigenvalue weighted by Crippen LogP contribution is -2.25. The van der Waals surface area contributed by atoms with Gasteiger partial charge in [0.2, 0.25) is 11.8 Å². The van der Waals surface area contributed by atoms with Crippen molar-refractivity contribution >= 4 is 35.0 Å². The fourth-order valence-electron chi connectivity index (χ4n) is 2.28. The maximum Gasteiger partial charge on any atom is 0.234 e. The first kappa shape index (κ1) is 12.5. The first-order chi connectivity index (χ1) is 9.22. The molecule has 0 saturated carbocycles. The number of benzene rings is 1. The Balaban J connectivity index is 1.73. The first-order valence-electron chi connectivity index (χ1n) is 6.30. The van der Waals surface area contributed by atoms with E-state index in [1.165, 1.54) is 11.8 Å². The predicted molar refractivity (Wildman–Crippen MR) is 75.4 cm³/mol. The second-order valence-electron chi connectivity index (χ2n) is 4.73. The van der Waals surface area contributed by atoms with Crippen LogP contribution in [0, 0.1) is 5.92 Å². The van der Waals surface area contributed by atoms with Crippen LogP contribution in [-0.4, -0.2) is 30.7 Å². The van der Waals surface area contributed by atoms with Gasteiger partial charge in [-0.2, -0.15) is 0 Å². The van der Waals surface area contributed by atoms with Crippen LogP contribution in [-0.2, 0) is 9.59 Å². The van der Waals surface area contributed by atoms with Crippen LogP contribution in [0.3, 0.4) is 0 Å². The van der Waals surface area contributed by atoms with Crippen LogP contribution in [0.1, 0.15) is 6.42 Å². The molecule has 0 aromatic heterocycles. The largest absolute Gasteiger partial charge is 0.326 e. The Hall–Kier alpha value is -1.53. The van der Waals surface area contributed by atoms with Crippen molar-refractivity contribution in [3.05, 3.63) is 18.2 Å². The highest BCUT2D eigenvalue weighted by molar-refractivity contribution is 8.00. The molecule has 1 fully saturated rings. The minimum Gasteiger partial charge on any atom is -0.326 e. The highest BCUT2D eigenvalue weighted by Gasteiger charge is 2.23. The topological polar surface area (TPSA) is 70.2 Å². The third-order valence-corrected chi connectivity index (χ3v) is 4.38. The number of amides is 2. The molecule has 2 amide bonds. The van der Waals surface area contributed by atoms with Crippen LogP contribution in [0.4, 0.5) is 11.4 Å². The summed E-state index contributed by atoms with van der Waals surface area (Å²) < 4.78 is 0. The molecule has 3 N–H and O–H groups in total. The number of fused-ring (bicyclic) bond motifs is 1. The third-order valence-electron chi connectivity index (χ3n) is 3.31. The molecule has 1 atom stereocenters. The van der Waals surface area contributed by atoms with Gasteiger partial charge in [0, 0.05) is 17.1 Å². The molecule has 0 aliphatic carbocycles. The van der Waals surface area contributed by atoms with Gasteiger partial charge in [-0.25, -0.2) is 0 Å². The number of anilines is 2. The lowest BCUT2D eigenvalue weighted by molar-refractivity contribution is -0.119. The molecule has 1 aromatic rings. The minimum atomic E-state index is 0.000898. The van der Waals surface area contributed by atoms with E-state index in [0.717, 1.165) is 35.8 Å². The van der Waals surface area contributed by atoms with E-state index in [9.17, 15) is 9.59 Å². The van der Waals surface area contributed by atoms with Crippen LogP contribution >= 0.6 is 11.8 Å². The van der Waals surface area contributed by atoms with Crippen LogP contribution in [0.15, 0.2) is 23.1 Å². The van der Waals surface area contributed by atoms with Gasteiger partial charge in [-0.3, -0.25) is 9.59 Å². The third kappa shape index (κ3) is 2.74. The molecule has 2 heterocycles. The van der Waals surface area contributed by atoms with E-state index in [-0.39, 0.29) is 17.7 Å². The standard InChI is InChI=1S/C13H15N3O2S/c17-12-7-19-11-2-1-9(5-10(11)16-12)15-13(18)8-3-4-14-6-8/h1-2,5,8,14H,3-4,6-7H2,(H,15,18)(H,16,17). The van der Waals surface area contributed by atoms with Crippen molar-refractivity contribution in [2.24, 2.45) is 5.92 Å². The van der Waals surface area contributed by atoms with Gasteiger partial charge in [-0.1, -0.05) is 0 Å². The Morgan fingerprint density at radius 1 is 1.42 bits per heavy atom. The van der Waals surface area contributed by atoms with Gasteiger partial charge in [-0.15, -0.1) is 11.8 Å². The van der Waals surface area contributed by atoms with Crippen LogP contribution < -0.4 is 16.0 Å². The zero-order chi connectivity index (χ0) is 13.2. The maximum atomic E-state index is 12.0. The molecule has 1 aromatic carbocycles. The van der Waals surface area contributed by atoms with Crippen molar-refractivity contribution < 1.29 is 9.59 Å². The number of hydrogen-bond donors (Lipinski definition) is 3. The predicted octanol–water partition coefficient (Wildman–Crippen LogP) is 1.28. The van der Waals surface area contributed by atoms with Crippen molar-refractivity contribution in [1.82, 2.24) is 5.32 Å². The summed E-state index contributed by atoms with van der Waals surface area (Å²) in [5.41, 5.74) is 1.52. The Labute approximate surface area is 115 Å². The van der Waals surface area contributed by atoms with E-state index in [4.69, 9.17) is 0 Å². The van der Waals surface area contributed by atoms with Crippen molar-refractivity contribution in [2.45, 2.75) is 11.3 Å². The van der Waals surface area contributed by atoms with Gasteiger partial charge in [-0.05, 0) is 31.2 Å². The molecule has 0 bridgehead atoms. The van der Waals surface area contributed by atoms with E-state index in [1.807, 2.05) is 18.2 Å². The summed E-state index contributed by atoms with van der Waals surface area (Å²) in [7, 11) is 0. The molecule has 5 nitrogen and oxygen atoms in total. The monoisotopic (exact) mass is 277 g/mol. The summed E-state index contributed by atoms with van der Waals surface area (Å²) in [6.07, 6.45) is 0.878. The molecule has 0 radical (unpaired) electrons. The van der Waals surface area contributed by atoms with Crippen molar-refractivity contribution in [3.8, 4) is 0 Å². The quantitative estimate of drug-likeness (QED) is 0.761.